The standard InChI is InChI=1S/C27H25F2N3O3/c1-2-34-27(33)16-7-10-19(11-8-16)35-24-12-9-17(15-30-24)18-13-20(28)25(21(29)14-18)26-31-22-5-3-4-6-23(22)32-26/h3-6,9,12-16,19H,2,7-8,10-11H2,1H3,(H,31,32)/t16-,19+. The summed E-state index contributed by atoms with van der Waals surface area (Å²) in [7, 11) is 0. The summed E-state index contributed by atoms with van der Waals surface area (Å²) in [6.07, 6.45) is 4.43. The molecule has 5 rings (SSSR count). The molecule has 1 N–H and O–H groups in total. The zero-order valence-corrected chi connectivity index (χ0v) is 19.3. The lowest BCUT2D eigenvalue weighted by atomic mass is 9.87. The number of carbonyl (C=O) groups excluding carboxylic acids is 1. The second-order valence-electron chi connectivity index (χ2n) is 8.65. The second-order valence-corrected chi connectivity index (χ2v) is 8.65. The molecule has 6 nitrogen and oxygen atoms in total. The lowest BCUT2D eigenvalue weighted by Crippen LogP contribution is -2.29. The molecular formula is C27H25F2N3O3. The third kappa shape index (κ3) is 4.87. The number of pyridine rings is 1. The number of carbonyl (C=O) groups is 1. The maximum absolute atomic E-state index is 15.0. The van der Waals surface area contributed by atoms with E-state index in [4.69, 9.17) is 9.47 Å². The Bertz CT molecular complexity index is 1290. The molecule has 2 heterocycles. The fourth-order valence-electron chi connectivity index (χ4n) is 4.51. The number of nitrogens with zero attached hydrogens (tertiary/aromatic N) is 2. The first-order valence-corrected chi connectivity index (χ1v) is 11.8. The van der Waals surface area contributed by atoms with Gasteiger partial charge in [0.2, 0.25) is 5.88 Å². The Balaban J connectivity index is 1.28. The van der Waals surface area contributed by atoms with Crippen molar-refractivity contribution in [1.29, 1.82) is 0 Å². The highest BCUT2D eigenvalue weighted by Gasteiger charge is 2.28. The van der Waals surface area contributed by atoms with E-state index < -0.39 is 11.6 Å². The first-order chi connectivity index (χ1) is 17.0. The summed E-state index contributed by atoms with van der Waals surface area (Å²) in [6, 6.07) is 13.2. The predicted octanol–water partition coefficient (Wildman–Crippen LogP) is 6.07. The quantitative estimate of drug-likeness (QED) is 0.341. The molecule has 0 saturated heterocycles. The number of H-pyrrole nitrogens is 1. The molecule has 0 radical (unpaired) electrons. The summed E-state index contributed by atoms with van der Waals surface area (Å²) < 4.78 is 41.0. The number of fused-ring (bicyclic) bond motifs is 1. The van der Waals surface area contributed by atoms with Crippen molar-refractivity contribution in [2.75, 3.05) is 6.61 Å². The van der Waals surface area contributed by atoms with Crippen molar-refractivity contribution < 1.29 is 23.0 Å². The van der Waals surface area contributed by atoms with Crippen LogP contribution in [0.1, 0.15) is 32.6 Å². The van der Waals surface area contributed by atoms with Gasteiger partial charge in [0.15, 0.2) is 0 Å². The molecule has 0 aliphatic heterocycles. The number of aromatic amines is 1. The van der Waals surface area contributed by atoms with Gasteiger partial charge in [-0.15, -0.1) is 0 Å². The molecule has 0 bridgehead atoms. The van der Waals surface area contributed by atoms with Crippen molar-refractivity contribution in [2.24, 2.45) is 5.92 Å². The number of esters is 1. The van der Waals surface area contributed by atoms with Gasteiger partial charge in [-0.1, -0.05) is 12.1 Å². The van der Waals surface area contributed by atoms with E-state index in [2.05, 4.69) is 15.0 Å². The molecule has 8 heteroatoms. The minimum atomic E-state index is -0.710. The number of ether oxygens (including phenoxy) is 2. The average Bonchev–Trinajstić information content (AvgIpc) is 3.28. The van der Waals surface area contributed by atoms with Crippen molar-refractivity contribution >= 4 is 17.0 Å². The van der Waals surface area contributed by atoms with Crippen LogP contribution in [0, 0.1) is 17.6 Å². The van der Waals surface area contributed by atoms with Gasteiger partial charge >= 0.3 is 5.97 Å². The normalized spacial score (nSPS) is 17.9. The number of halogens is 2. The Labute approximate surface area is 201 Å². The molecular weight excluding hydrogens is 452 g/mol. The number of imidazole rings is 1. The first kappa shape index (κ1) is 23.0. The highest BCUT2D eigenvalue weighted by Crippen LogP contribution is 2.32. The van der Waals surface area contributed by atoms with Gasteiger partial charge < -0.3 is 14.5 Å². The summed E-state index contributed by atoms with van der Waals surface area (Å²) >= 11 is 0. The largest absolute Gasteiger partial charge is 0.474 e. The van der Waals surface area contributed by atoms with Gasteiger partial charge in [0, 0.05) is 17.8 Å². The number of nitrogens with one attached hydrogen (secondary N) is 1. The Morgan fingerprint density at radius 1 is 1.03 bits per heavy atom. The Morgan fingerprint density at radius 3 is 2.43 bits per heavy atom. The van der Waals surface area contributed by atoms with Crippen LogP contribution >= 0.6 is 0 Å². The second kappa shape index (κ2) is 9.82. The molecule has 1 fully saturated rings. The number of hydrogen-bond donors (Lipinski definition) is 1. The summed E-state index contributed by atoms with van der Waals surface area (Å²) in [6.45, 7) is 2.20. The first-order valence-electron chi connectivity index (χ1n) is 11.8. The van der Waals surface area contributed by atoms with E-state index in [-0.39, 0.29) is 29.4 Å². The van der Waals surface area contributed by atoms with E-state index in [1.165, 1.54) is 18.3 Å². The van der Waals surface area contributed by atoms with Gasteiger partial charge in [0.05, 0.1) is 29.1 Å². The van der Waals surface area contributed by atoms with Crippen LogP contribution < -0.4 is 4.74 Å². The van der Waals surface area contributed by atoms with Crippen LogP contribution in [-0.4, -0.2) is 33.6 Å². The molecule has 0 spiro atoms. The van der Waals surface area contributed by atoms with Crippen LogP contribution in [-0.2, 0) is 9.53 Å². The maximum Gasteiger partial charge on any atom is 0.308 e. The Morgan fingerprint density at radius 2 is 1.77 bits per heavy atom. The molecule has 35 heavy (non-hydrogen) atoms. The van der Waals surface area contributed by atoms with E-state index >= 15 is 0 Å². The number of hydrogen-bond acceptors (Lipinski definition) is 5. The molecule has 0 atom stereocenters. The molecule has 2 aromatic carbocycles. The van der Waals surface area contributed by atoms with Gasteiger partial charge in [-0.2, -0.15) is 0 Å². The van der Waals surface area contributed by atoms with Crippen LogP contribution in [0.3, 0.4) is 0 Å². The molecule has 2 aromatic heterocycles. The fraction of sp³-hybridized carbons (Fsp3) is 0.296. The van der Waals surface area contributed by atoms with Crippen LogP contribution in [0.15, 0.2) is 54.7 Å². The highest BCUT2D eigenvalue weighted by atomic mass is 19.1. The highest BCUT2D eigenvalue weighted by molar-refractivity contribution is 5.80. The van der Waals surface area contributed by atoms with Crippen molar-refractivity contribution in [3.8, 4) is 28.4 Å². The Hall–Kier alpha value is -3.81. The van der Waals surface area contributed by atoms with E-state index in [0.29, 0.717) is 34.6 Å². The minimum Gasteiger partial charge on any atom is -0.474 e. The maximum atomic E-state index is 15.0. The summed E-state index contributed by atoms with van der Waals surface area (Å²) in [5.41, 5.74) is 2.08. The molecule has 1 aliphatic carbocycles. The van der Waals surface area contributed by atoms with Crippen LogP contribution in [0.4, 0.5) is 8.78 Å². The lowest BCUT2D eigenvalue weighted by molar-refractivity contribution is -0.149. The molecule has 0 amide bonds. The van der Waals surface area contributed by atoms with Crippen molar-refractivity contribution in [3.63, 3.8) is 0 Å². The molecule has 4 aromatic rings. The SMILES string of the molecule is CCOC(=O)[C@H]1CC[C@@H](Oc2ccc(-c3cc(F)c(-c4nc5ccccc5[nH]4)c(F)c3)cn2)CC1. The number of rotatable bonds is 6. The third-order valence-electron chi connectivity index (χ3n) is 6.32. The van der Waals surface area contributed by atoms with Crippen molar-refractivity contribution in [1.82, 2.24) is 15.0 Å². The molecule has 1 aliphatic rings. The number of benzene rings is 2. The molecule has 1 saturated carbocycles. The third-order valence-corrected chi connectivity index (χ3v) is 6.32. The Kier molecular flexibility index (Phi) is 6.44. The smallest absolute Gasteiger partial charge is 0.308 e. The number of aromatic nitrogens is 3. The predicted molar refractivity (Wildman–Crippen MR) is 128 cm³/mol. The summed E-state index contributed by atoms with van der Waals surface area (Å²) in [5, 5.41) is 0. The zero-order chi connectivity index (χ0) is 24.4. The van der Waals surface area contributed by atoms with Gasteiger partial charge in [0.1, 0.15) is 23.6 Å². The number of para-hydroxylation sites is 2. The fourth-order valence-corrected chi connectivity index (χ4v) is 4.51. The summed E-state index contributed by atoms with van der Waals surface area (Å²) in [5.74, 6) is -1.05. The van der Waals surface area contributed by atoms with Crippen molar-refractivity contribution in [3.05, 3.63) is 66.4 Å². The molecule has 180 valence electrons. The average molecular weight is 478 g/mol. The van der Waals surface area contributed by atoms with Crippen molar-refractivity contribution in [2.45, 2.75) is 38.7 Å². The van der Waals surface area contributed by atoms with Gasteiger partial charge in [-0.05, 0) is 68.5 Å². The molecule has 0 unspecified atom stereocenters. The zero-order valence-electron chi connectivity index (χ0n) is 19.3. The summed E-state index contributed by atoms with van der Waals surface area (Å²) in [4.78, 5) is 23.5. The van der Waals surface area contributed by atoms with Crippen LogP contribution in [0.5, 0.6) is 5.88 Å². The van der Waals surface area contributed by atoms with E-state index in [1.54, 1.807) is 31.2 Å². The van der Waals surface area contributed by atoms with E-state index in [9.17, 15) is 13.6 Å². The van der Waals surface area contributed by atoms with Gasteiger partial charge in [0.25, 0.3) is 0 Å². The van der Waals surface area contributed by atoms with E-state index in [0.717, 1.165) is 25.7 Å². The lowest BCUT2D eigenvalue weighted by Gasteiger charge is -2.27. The van der Waals surface area contributed by atoms with Gasteiger partial charge in [-0.3, -0.25) is 4.79 Å². The van der Waals surface area contributed by atoms with Gasteiger partial charge in [-0.25, -0.2) is 18.7 Å². The van der Waals surface area contributed by atoms with Crippen LogP contribution in [0.2, 0.25) is 0 Å². The topological polar surface area (TPSA) is 77.1 Å². The monoisotopic (exact) mass is 477 g/mol. The van der Waals surface area contributed by atoms with E-state index in [1.807, 2.05) is 12.1 Å². The van der Waals surface area contributed by atoms with Crippen LogP contribution in [0.25, 0.3) is 33.5 Å². The minimum absolute atomic E-state index is 0.0305.